The molecule has 1 N–H and O–H groups in total. The van der Waals surface area contributed by atoms with Crippen molar-refractivity contribution in [3.05, 3.63) is 28.5 Å². The van der Waals surface area contributed by atoms with Crippen LogP contribution in [-0.2, 0) is 4.74 Å². The Morgan fingerprint density at radius 2 is 2.15 bits per heavy atom. The first-order valence-corrected chi connectivity index (χ1v) is 9.05. The Hall–Kier alpha value is -0.260. The first-order valence-electron chi connectivity index (χ1n) is 7.10. The fourth-order valence-corrected chi connectivity index (χ4v) is 4.55. The number of hydrogen-bond donors (Lipinski definition) is 1. The topological polar surface area (TPSA) is 21.3 Å². The third-order valence-electron chi connectivity index (χ3n) is 4.19. The molecule has 3 rings (SSSR count). The van der Waals surface area contributed by atoms with Gasteiger partial charge in [0.1, 0.15) is 5.82 Å². The van der Waals surface area contributed by atoms with Crippen LogP contribution in [0.3, 0.4) is 0 Å². The Bertz CT molecular complexity index is 473. The lowest BCUT2D eigenvalue weighted by Crippen LogP contribution is -2.46. The van der Waals surface area contributed by atoms with Crippen LogP contribution in [-0.4, -0.2) is 29.8 Å². The lowest BCUT2D eigenvalue weighted by Gasteiger charge is -2.43. The van der Waals surface area contributed by atoms with Crippen LogP contribution in [0, 0.1) is 5.82 Å². The van der Waals surface area contributed by atoms with Gasteiger partial charge >= 0.3 is 0 Å². The van der Waals surface area contributed by atoms with Gasteiger partial charge in [-0.3, -0.25) is 0 Å². The van der Waals surface area contributed by atoms with Crippen molar-refractivity contribution in [1.82, 2.24) is 0 Å². The molecule has 2 aliphatic rings. The summed E-state index contributed by atoms with van der Waals surface area (Å²) in [6.45, 7) is 0.807. The van der Waals surface area contributed by atoms with Crippen LogP contribution >= 0.6 is 27.7 Å². The highest BCUT2D eigenvalue weighted by Gasteiger charge is 2.38. The van der Waals surface area contributed by atoms with Crippen LogP contribution in [0.2, 0.25) is 0 Å². The molecule has 5 heteroatoms. The minimum Gasteiger partial charge on any atom is -0.382 e. The van der Waals surface area contributed by atoms with Gasteiger partial charge in [-0.1, -0.05) is 0 Å². The lowest BCUT2D eigenvalue weighted by atomic mass is 9.85. The summed E-state index contributed by atoms with van der Waals surface area (Å²) in [6.07, 6.45) is 4.31. The maximum Gasteiger partial charge on any atom is 0.139 e. The molecule has 1 aromatic rings. The zero-order chi connectivity index (χ0) is 14.0. The van der Waals surface area contributed by atoms with Crippen molar-refractivity contribution in [2.75, 3.05) is 23.4 Å². The molecule has 0 aromatic heterocycles. The van der Waals surface area contributed by atoms with Gasteiger partial charge < -0.3 is 10.1 Å². The van der Waals surface area contributed by atoms with E-state index in [0.29, 0.717) is 10.5 Å². The number of thioether (sulfide) groups is 1. The molecular weight excluding hydrogens is 341 g/mol. The zero-order valence-electron chi connectivity index (χ0n) is 11.3. The number of ether oxygens (including phenoxy) is 1. The highest BCUT2D eigenvalue weighted by molar-refractivity contribution is 9.10. The van der Waals surface area contributed by atoms with Gasteiger partial charge in [0, 0.05) is 18.3 Å². The van der Waals surface area contributed by atoms with Crippen molar-refractivity contribution in [2.24, 2.45) is 0 Å². The third-order valence-corrected chi connectivity index (χ3v) is 5.82. The van der Waals surface area contributed by atoms with E-state index < -0.39 is 0 Å². The number of anilines is 1. The smallest absolute Gasteiger partial charge is 0.139 e. The summed E-state index contributed by atoms with van der Waals surface area (Å²) < 4.78 is 20.2. The van der Waals surface area contributed by atoms with Crippen molar-refractivity contribution < 1.29 is 9.13 Å². The number of nitrogens with one attached hydrogen (secondary N) is 1. The van der Waals surface area contributed by atoms with Crippen molar-refractivity contribution in [2.45, 2.75) is 37.3 Å². The fraction of sp³-hybridized carbons (Fsp3) is 0.600. The van der Waals surface area contributed by atoms with Crippen LogP contribution in [0.4, 0.5) is 10.1 Å². The third kappa shape index (κ3) is 3.31. The predicted molar refractivity (Wildman–Crippen MR) is 86.0 cm³/mol. The molecule has 1 spiro atoms. The normalized spacial score (nSPS) is 25.6. The van der Waals surface area contributed by atoms with Crippen LogP contribution < -0.4 is 5.32 Å². The first kappa shape index (κ1) is 14.7. The Kier molecular flexibility index (Phi) is 4.58. The van der Waals surface area contributed by atoms with Crippen LogP contribution in [0.1, 0.15) is 25.7 Å². The molecule has 0 radical (unpaired) electrons. The molecule has 20 heavy (non-hydrogen) atoms. The summed E-state index contributed by atoms with van der Waals surface area (Å²) in [5.41, 5.74) is 0.924. The summed E-state index contributed by atoms with van der Waals surface area (Å²) in [6, 6.07) is 5.62. The molecule has 0 amide bonds. The van der Waals surface area contributed by atoms with Gasteiger partial charge in [0.2, 0.25) is 0 Å². The standard InChI is InChI=1S/C15H19BrFNOS/c16-13-2-1-11(9-14(13)17)18-12-3-6-19-15(10-12)4-7-20-8-5-15/h1-2,9,12,18H,3-8,10H2. The minimum atomic E-state index is -0.217. The summed E-state index contributed by atoms with van der Waals surface area (Å²) in [5.74, 6) is 2.17. The van der Waals surface area contributed by atoms with E-state index in [0.717, 1.165) is 38.0 Å². The van der Waals surface area contributed by atoms with E-state index >= 15 is 0 Å². The molecule has 110 valence electrons. The average molecular weight is 360 g/mol. The zero-order valence-corrected chi connectivity index (χ0v) is 13.7. The molecule has 0 bridgehead atoms. The molecular formula is C15H19BrFNOS. The summed E-state index contributed by atoms with van der Waals surface area (Å²) in [5, 5.41) is 3.47. The molecule has 2 aliphatic heterocycles. The van der Waals surface area contributed by atoms with Gasteiger partial charge in [0.15, 0.2) is 0 Å². The van der Waals surface area contributed by atoms with Crippen LogP contribution in [0.5, 0.6) is 0 Å². The molecule has 1 unspecified atom stereocenters. The number of halogens is 2. The van der Waals surface area contributed by atoms with E-state index in [9.17, 15) is 4.39 Å². The molecule has 2 nitrogen and oxygen atoms in total. The lowest BCUT2D eigenvalue weighted by molar-refractivity contribution is -0.0865. The second-order valence-electron chi connectivity index (χ2n) is 5.61. The second-order valence-corrected chi connectivity index (χ2v) is 7.69. The second kappa shape index (κ2) is 6.24. The van der Waals surface area contributed by atoms with Crippen LogP contribution in [0.15, 0.2) is 22.7 Å². The van der Waals surface area contributed by atoms with Crippen molar-refractivity contribution in [3.8, 4) is 0 Å². The maximum atomic E-state index is 13.6. The highest BCUT2D eigenvalue weighted by atomic mass is 79.9. The Morgan fingerprint density at radius 3 is 2.90 bits per heavy atom. The Labute approximate surface area is 132 Å². The van der Waals surface area contributed by atoms with E-state index in [4.69, 9.17) is 4.74 Å². The number of benzene rings is 1. The van der Waals surface area contributed by atoms with E-state index in [1.807, 2.05) is 17.8 Å². The molecule has 2 saturated heterocycles. The maximum absolute atomic E-state index is 13.6. The predicted octanol–water partition coefficient (Wildman–Crippen LogP) is 4.44. The molecule has 1 aromatic carbocycles. The van der Waals surface area contributed by atoms with Gasteiger partial charge in [-0.2, -0.15) is 11.8 Å². The van der Waals surface area contributed by atoms with Crippen molar-refractivity contribution >= 4 is 33.4 Å². The van der Waals surface area contributed by atoms with E-state index in [1.165, 1.54) is 11.5 Å². The Morgan fingerprint density at radius 1 is 1.35 bits per heavy atom. The average Bonchev–Trinajstić information content (AvgIpc) is 2.44. The highest BCUT2D eigenvalue weighted by Crippen LogP contribution is 2.38. The molecule has 0 saturated carbocycles. The quantitative estimate of drug-likeness (QED) is 0.842. The van der Waals surface area contributed by atoms with Crippen molar-refractivity contribution in [1.29, 1.82) is 0 Å². The van der Waals surface area contributed by atoms with E-state index in [2.05, 4.69) is 21.2 Å². The molecule has 1 atom stereocenters. The van der Waals surface area contributed by atoms with Gasteiger partial charge in [-0.15, -0.1) is 0 Å². The largest absolute Gasteiger partial charge is 0.382 e. The number of rotatable bonds is 2. The Balaban J connectivity index is 1.66. The minimum absolute atomic E-state index is 0.0646. The van der Waals surface area contributed by atoms with Gasteiger partial charge in [-0.25, -0.2) is 4.39 Å². The van der Waals surface area contributed by atoms with Crippen molar-refractivity contribution in [3.63, 3.8) is 0 Å². The monoisotopic (exact) mass is 359 g/mol. The van der Waals surface area contributed by atoms with E-state index in [-0.39, 0.29) is 11.4 Å². The fourth-order valence-electron chi connectivity index (χ4n) is 3.06. The summed E-state index contributed by atoms with van der Waals surface area (Å²) >= 11 is 5.20. The molecule has 2 fully saturated rings. The number of hydrogen-bond acceptors (Lipinski definition) is 3. The van der Waals surface area contributed by atoms with E-state index in [1.54, 1.807) is 12.1 Å². The van der Waals surface area contributed by atoms with Crippen LogP contribution in [0.25, 0.3) is 0 Å². The summed E-state index contributed by atoms with van der Waals surface area (Å²) in [7, 11) is 0. The molecule has 2 heterocycles. The SMILES string of the molecule is Fc1cc(NC2CCOC3(CCSCC3)C2)ccc1Br. The first-order chi connectivity index (χ1) is 9.67. The van der Waals surface area contributed by atoms with Gasteiger partial charge in [-0.05, 0) is 71.3 Å². The van der Waals surface area contributed by atoms with Gasteiger partial charge in [0.25, 0.3) is 0 Å². The summed E-state index contributed by atoms with van der Waals surface area (Å²) in [4.78, 5) is 0. The molecule has 0 aliphatic carbocycles. The van der Waals surface area contributed by atoms with Gasteiger partial charge in [0.05, 0.1) is 10.1 Å².